The second-order valence-corrected chi connectivity index (χ2v) is 10.0. The summed E-state index contributed by atoms with van der Waals surface area (Å²) in [6.45, 7) is 5.06. The van der Waals surface area contributed by atoms with E-state index >= 15 is 0 Å². The first-order chi connectivity index (χ1) is 15.0. The van der Waals surface area contributed by atoms with Gasteiger partial charge >= 0.3 is 0 Å². The smallest absolute Gasteiger partial charge is 0.257 e. The van der Waals surface area contributed by atoms with Crippen LogP contribution in [0.2, 0.25) is 0 Å². The molecule has 10 heteroatoms. The van der Waals surface area contributed by atoms with Crippen LogP contribution in [0.15, 0.2) is 32.8 Å². The van der Waals surface area contributed by atoms with Crippen LogP contribution in [0, 0.1) is 13.8 Å². The van der Waals surface area contributed by atoms with Crippen LogP contribution in [0.5, 0.6) is 0 Å². The molecule has 1 amide bonds. The van der Waals surface area contributed by atoms with Gasteiger partial charge in [-0.05, 0) is 38.8 Å². The maximum atomic E-state index is 13.0. The minimum absolute atomic E-state index is 0.0207. The predicted octanol–water partition coefficient (Wildman–Crippen LogP) is 3.41. The molecule has 0 N–H and O–H groups in total. The minimum atomic E-state index is -0.122. The average Bonchev–Trinajstić information content (AvgIpc) is 3.53. The van der Waals surface area contributed by atoms with Crippen molar-refractivity contribution in [2.24, 2.45) is 0 Å². The summed E-state index contributed by atoms with van der Waals surface area (Å²) in [6.07, 6.45) is 3.72. The summed E-state index contributed by atoms with van der Waals surface area (Å²) in [5, 5.41) is 11.1. The third-order valence-corrected chi connectivity index (χ3v) is 8.30. The average molecular weight is 458 g/mol. The van der Waals surface area contributed by atoms with Crippen molar-refractivity contribution in [3.05, 3.63) is 45.0 Å². The highest BCUT2D eigenvalue weighted by Gasteiger charge is 2.32. The van der Waals surface area contributed by atoms with Gasteiger partial charge in [0.05, 0.1) is 12.3 Å². The van der Waals surface area contributed by atoms with Crippen LogP contribution in [0.3, 0.4) is 0 Å². The monoisotopic (exact) mass is 457 g/mol. The Balaban J connectivity index is 1.21. The molecular weight excluding hydrogens is 434 g/mol. The molecule has 2 aliphatic heterocycles. The first kappa shape index (κ1) is 20.4. The highest BCUT2D eigenvalue weighted by Crippen LogP contribution is 2.35. The van der Waals surface area contributed by atoms with E-state index in [1.54, 1.807) is 40.9 Å². The number of aromatic nitrogens is 4. The highest BCUT2D eigenvalue weighted by molar-refractivity contribution is 7.99. The minimum Gasteiger partial charge on any atom is -0.462 e. The molecule has 3 aromatic rings. The van der Waals surface area contributed by atoms with Crippen LogP contribution in [-0.4, -0.2) is 49.4 Å². The number of amides is 1. The molecule has 5 heterocycles. The molecule has 1 fully saturated rings. The lowest BCUT2D eigenvalue weighted by Crippen LogP contribution is -2.39. The Morgan fingerprint density at radius 3 is 2.81 bits per heavy atom. The van der Waals surface area contributed by atoms with Crippen molar-refractivity contribution in [3.63, 3.8) is 0 Å². The van der Waals surface area contributed by atoms with E-state index in [-0.39, 0.29) is 17.5 Å². The van der Waals surface area contributed by atoms with E-state index in [4.69, 9.17) is 4.42 Å². The SMILES string of the molecule is Cc1nc2n(c(=O)c1C)[C@H](CC(=O)N1CCC(c3nnc(-c4ccco4)s3)CC1)CS2. The molecule has 1 atom stereocenters. The van der Waals surface area contributed by atoms with Crippen molar-refractivity contribution in [1.82, 2.24) is 24.6 Å². The Morgan fingerprint density at radius 2 is 2.06 bits per heavy atom. The molecular formula is C21H23N5O3S2. The van der Waals surface area contributed by atoms with Crippen molar-refractivity contribution in [2.75, 3.05) is 18.8 Å². The van der Waals surface area contributed by atoms with Crippen molar-refractivity contribution >= 4 is 29.0 Å². The summed E-state index contributed by atoms with van der Waals surface area (Å²) in [5.41, 5.74) is 1.41. The maximum Gasteiger partial charge on any atom is 0.257 e. The van der Waals surface area contributed by atoms with Crippen LogP contribution >= 0.6 is 23.1 Å². The fourth-order valence-electron chi connectivity index (χ4n) is 4.13. The van der Waals surface area contributed by atoms with E-state index in [0.717, 1.165) is 39.5 Å². The number of aryl methyl sites for hydroxylation is 1. The summed E-state index contributed by atoms with van der Waals surface area (Å²) < 4.78 is 7.12. The molecule has 2 aliphatic rings. The number of piperidine rings is 1. The molecule has 0 saturated carbocycles. The molecule has 3 aromatic heterocycles. The molecule has 0 radical (unpaired) electrons. The fraction of sp³-hybridized carbons (Fsp3) is 0.476. The van der Waals surface area contributed by atoms with E-state index in [9.17, 15) is 9.59 Å². The Kier molecular flexibility index (Phi) is 5.43. The number of fused-ring (bicyclic) bond motifs is 1. The summed E-state index contributed by atoms with van der Waals surface area (Å²) in [7, 11) is 0. The summed E-state index contributed by atoms with van der Waals surface area (Å²) >= 11 is 3.12. The van der Waals surface area contributed by atoms with Gasteiger partial charge in [-0.1, -0.05) is 23.1 Å². The lowest BCUT2D eigenvalue weighted by Gasteiger charge is -2.31. The molecule has 31 heavy (non-hydrogen) atoms. The third-order valence-electron chi connectivity index (χ3n) is 6.10. The summed E-state index contributed by atoms with van der Waals surface area (Å²) in [4.78, 5) is 32.1. The standard InChI is InChI=1S/C21H23N5O3S2/c1-12-13(2)22-21-26(20(12)28)15(11-30-21)10-17(27)25-7-5-14(6-8-25)18-23-24-19(31-18)16-4-3-9-29-16/h3-4,9,14-15H,5-8,10-11H2,1-2H3/t15-/m1/s1. The van der Waals surface area contributed by atoms with Crippen molar-refractivity contribution in [2.45, 2.75) is 50.2 Å². The lowest BCUT2D eigenvalue weighted by molar-refractivity contribution is -0.133. The maximum absolute atomic E-state index is 13.0. The van der Waals surface area contributed by atoms with Gasteiger partial charge in [-0.2, -0.15) is 0 Å². The van der Waals surface area contributed by atoms with Crippen LogP contribution < -0.4 is 5.56 Å². The van der Waals surface area contributed by atoms with E-state index in [2.05, 4.69) is 15.2 Å². The number of hydrogen-bond acceptors (Lipinski definition) is 8. The van der Waals surface area contributed by atoms with Gasteiger partial charge in [-0.25, -0.2) is 4.98 Å². The number of rotatable bonds is 4. The Bertz CT molecular complexity index is 1160. The number of carbonyl (C=O) groups excluding carboxylic acids is 1. The summed E-state index contributed by atoms with van der Waals surface area (Å²) in [5.74, 6) is 1.87. The first-order valence-electron chi connectivity index (χ1n) is 10.4. The summed E-state index contributed by atoms with van der Waals surface area (Å²) in [6, 6.07) is 3.60. The van der Waals surface area contributed by atoms with Gasteiger partial charge in [0.15, 0.2) is 15.9 Å². The zero-order valence-electron chi connectivity index (χ0n) is 17.4. The molecule has 0 spiro atoms. The topological polar surface area (TPSA) is 94.1 Å². The molecule has 0 aliphatic carbocycles. The molecule has 162 valence electrons. The van der Waals surface area contributed by atoms with Crippen molar-refractivity contribution < 1.29 is 9.21 Å². The van der Waals surface area contributed by atoms with Crippen LogP contribution in [0.25, 0.3) is 10.8 Å². The van der Waals surface area contributed by atoms with Crippen molar-refractivity contribution in [1.29, 1.82) is 0 Å². The van der Waals surface area contributed by atoms with Crippen LogP contribution in [0.4, 0.5) is 0 Å². The Labute approximate surface area is 187 Å². The normalized spacial score (nSPS) is 19.0. The molecule has 8 nitrogen and oxygen atoms in total. The largest absolute Gasteiger partial charge is 0.462 e. The number of nitrogens with zero attached hydrogens (tertiary/aromatic N) is 5. The number of likely N-dealkylation sites (tertiary alicyclic amines) is 1. The van der Waals surface area contributed by atoms with E-state index < -0.39 is 0 Å². The zero-order valence-corrected chi connectivity index (χ0v) is 19.0. The van der Waals surface area contributed by atoms with Crippen LogP contribution in [-0.2, 0) is 4.79 Å². The second-order valence-electron chi connectivity index (χ2n) is 8.03. The lowest BCUT2D eigenvalue weighted by atomic mass is 9.97. The van der Waals surface area contributed by atoms with Gasteiger partial charge in [0.25, 0.3) is 5.56 Å². The number of hydrogen-bond donors (Lipinski definition) is 0. The highest BCUT2D eigenvalue weighted by atomic mass is 32.2. The van der Waals surface area contributed by atoms with Gasteiger partial charge in [0.1, 0.15) is 5.01 Å². The van der Waals surface area contributed by atoms with Gasteiger partial charge < -0.3 is 9.32 Å². The van der Waals surface area contributed by atoms with Crippen LogP contribution in [0.1, 0.15) is 47.5 Å². The first-order valence-corrected chi connectivity index (χ1v) is 12.2. The van der Waals surface area contributed by atoms with E-state index in [1.807, 2.05) is 24.0 Å². The van der Waals surface area contributed by atoms with Gasteiger partial charge in [0.2, 0.25) is 5.91 Å². The number of furan rings is 1. The molecule has 0 bridgehead atoms. The van der Waals surface area contributed by atoms with E-state index in [1.165, 1.54) is 0 Å². The van der Waals surface area contributed by atoms with Gasteiger partial charge in [0, 0.05) is 42.4 Å². The number of thioether (sulfide) groups is 1. The molecule has 5 rings (SSSR count). The zero-order chi connectivity index (χ0) is 21.5. The number of carbonyl (C=O) groups is 1. The fourth-order valence-corrected chi connectivity index (χ4v) is 6.29. The van der Waals surface area contributed by atoms with Crippen molar-refractivity contribution in [3.8, 4) is 10.8 Å². The van der Waals surface area contributed by atoms with E-state index in [0.29, 0.717) is 36.7 Å². The third kappa shape index (κ3) is 3.82. The predicted molar refractivity (Wildman–Crippen MR) is 119 cm³/mol. The van der Waals surface area contributed by atoms with Gasteiger partial charge in [-0.15, -0.1) is 10.2 Å². The Hall–Kier alpha value is -2.46. The van der Waals surface area contributed by atoms with Gasteiger partial charge in [-0.3, -0.25) is 14.2 Å². The molecule has 0 aromatic carbocycles. The quantitative estimate of drug-likeness (QED) is 0.554. The Morgan fingerprint density at radius 1 is 1.26 bits per heavy atom. The second kappa shape index (κ2) is 8.23. The molecule has 0 unspecified atom stereocenters. The molecule has 1 saturated heterocycles.